The number of hydrogen-bond acceptors (Lipinski definition) is 5. The minimum Gasteiger partial charge on any atom is -0.493 e. The van der Waals surface area contributed by atoms with Crippen molar-refractivity contribution in [3.05, 3.63) is 89.7 Å². The van der Waals surface area contributed by atoms with Crippen LogP contribution in [0.5, 0.6) is 11.5 Å². The molecule has 0 saturated heterocycles. The van der Waals surface area contributed by atoms with Gasteiger partial charge >= 0.3 is 5.97 Å². The van der Waals surface area contributed by atoms with Crippen molar-refractivity contribution in [1.29, 1.82) is 0 Å². The fourth-order valence-electron chi connectivity index (χ4n) is 2.44. The number of rotatable bonds is 6. The molecule has 0 saturated carbocycles. The number of ether oxygens (including phenoxy) is 2. The van der Waals surface area contributed by atoms with Crippen LogP contribution in [-0.4, -0.2) is 24.4 Å². The zero-order valence-corrected chi connectivity index (χ0v) is 16.8. The molecule has 30 heavy (non-hydrogen) atoms. The smallest absolute Gasteiger partial charge is 0.343 e. The van der Waals surface area contributed by atoms with Crippen molar-refractivity contribution in [3.63, 3.8) is 0 Å². The topological polar surface area (TPSA) is 71.9 Å². The van der Waals surface area contributed by atoms with Gasteiger partial charge in [0.2, 0.25) is 0 Å². The first-order valence-electron chi connectivity index (χ1n) is 8.86. The van der Waals surface area contributed by atoms with Crippen molar-refractivity contribution in [3.8, 4) is 11.5 Å². The van der Waals surface area contributed by atoms with Gasteiger partial charge in [0.15, 0.2) is 16.6 Å². The zero-order chi connectivity index (χ0) is 21.3. The monoisotopic (exact) mass is 423 g/mol. The molecule has 6 nitrogen and oxygen atoms in total. The first-order chi connectivity index (χ1) is 14.5. The summed E-state index contributed by atoms with van der Waals surface area (Å²) in [6, 6.07) is 19.5. The summed E-state index contributed by atoms with van der Waals surface area (Å²) in [4.78, 5) is 12.2. The fourth-order valence-corrected chi connectivity index (χ4v) is 2.61. The van der Waals surface area contributed by atoms with Crippen LogP contribution in [0.2, 0.25) is 0 Å². The van der Waals surface area contributed by atoms with E-state index in [2.05, 4.69) is 15.8 Å². The second-order valence-corrected chi connectivity index (χ2v) is 6.41. The number of nitrogens with one attached hydrogen (secondary N) is 2. The normalized spacial score (nSPS) is 10.5. The van der Waals surface area contributed by atoms with Crippen LogP contribution in [0.15, 0.2) is 77.9 Å². The van der Waals surface area contributed by atoms with Gasteiger partial charge in [-0.15, -0.1) is 0 Å². The summed E-state index contributed by atoms with van der Waals surface area (Å²) in [6.45, 7) is 0. The van der Waals surface area contributed by atoms with Crippen LogP contribution in [0.4, 0.5) is 10.1 Å². The summed E-state index contributed by atoms with van der Waals surface area (Å²) in [5.74, 6) is -0.126. The van der Waals surface area contributed by atoms with Gasteiger partial charge in [-0.2, -0.15) is 5.10 Å². The predicted molar refractivity (Wildman–Crippen MR) is 118 cm³/mol. The summed E-state index contributed by atoms with van der Waals surface area (Å²) in [5, 5.41) is 7.18. The molecule has 0 unspecified atom stereocenters. The van der Waals surface area contributed by atoms with Crippen molar-refractivity contribution < 1.29 is 18.7 Å². The summed E-state index contributed by atoms with van der Waals surface area (Å²) in [5.41, 5.74) is 4.44. The van der Waals surface area contributed by atoms with Crippen molar-refractivity contribution in [2.24, 2.45) is 5.10 Å². The Hall–Kier alpha value is -3.78. The highest BCUT2D eigenvalue weighted by Gasteiger charge is 2.12. The van der Waals surface area contributed by atoms with E-state index in [0.29, 0.717) is 28.3 Å². The van der Waals surface area contributed by atoms with Gasteiger partial charge in [0.25, 0.3) is 0 Å². The molecule has 0 aliphatic heterocycles. The number of carbonyl (C=O) groups is 1. The SMILES string of the molecule is COc1cc(/C=N/NC(=S)Nc2ccc(F)cc2)ccc1OC(=O)c1ccccc1. The first kappa shape index (κ1) is 20.9. The number of nitrogens with zero attached hydrogens (tertiary/aromatic N) is 1. The molecule has 0 radical (unpaired) electrons. The van der Waals surface area contributed by atoms with Crippen LogP contribution in [0.25, 0.3) is 0 Å². The van der Waals surface area contributed by atoms with Crippen molar-refractivity contribution in [2.75, 3.05) is 12.4 Å². The maximum absolute atomic E-state index is 12.9. The lowest BCUT2D eigenvalue weighted by molar-refractivity contribution is 0.0729. The summed E-state index contributed by atoms with van der Waals surface area (Å²) in [6.07, 6.45) is 1.53. The molecular weight excluding hydrogens is 405 g/mol. The molecule has 0 fully saturated rings. The molecule has 0 aromatic heterocycles. The van der Waals surface area contributed by atoms with E-state index < -0.39 is 5.97 Å². The largest absolute Gasteiger partial charge is 0.493 e. The van der Waals surface area contributed by atoms with Gasteiger partial charge in [-0.1, -0.05) is 18.2 Å². The molecule has 0 aliphatic rings. The molecule has 0 amide bonds. The van der Waals surface area contributed by atoms with E-state index in [4.69, 9.17) is 21.7 Å². The molecular formula is C22H18FN3O3S. The lowest BCUT2D eigenvalue weighted by Crippen LogP contribution is -2.23. The third kappa shape index (κ3) is 5.86. The van der Waals surface area contributed by atoms with Crippen LogP contribution in [0.1, 0.15) is 15.9 Å². The molecule has 8 heteroatoms. The average molecular weight is 423 g/mol. The highest BCUT2D eigenvalue weighted by molar-refractivity contribution is 7.80. The number of halogens is 1. The molecule has 0 aliphatic carbocycles. The van der Waals surface area contributed by atoms with E-state index in [1.807, 2.05) is 6.07 Å². The lowest BCUT2D eigenvalue weighted by Gasteiger charge is -2.10. The number of hydrogen-bond donors (Lipinski definition) is 2. The zero-order valence-electron chi connectivity index (χ0n) is 16.0. The van der Waals surface area contributed by atoms with Crippen LogP contribution in [0, 0.1) is 5.82 Å². The van der Waals surface area contributed by atoms with Crippen LogP contribution in [0.3, 0.4) is 0 Å². The van der Waals surface area contributed by atoms with E-state index in [1.54, 1.807) is 54.6 Å². The Morgan fingerprint density at radius 3 is 2.47 bits per heavy atom. The van der Waals surface area contributed by atoms with E-state index in [9.17, 15) is 9.18 Å². The van der Waals surface area contributed by atoms with E-state index >= 15 is 0 Å². The first-order valence-corrected chi connectivity index (χ1v) is 9.27. The quantitative estimate of drug-likeness (QED) is 0.202. The van der Waals surface area contributed by atoms with Crippen LogP contribution >= 0.6 is 12.2 Å². The van der Waals surface area contributed by atoms with Gasteiger partial charge in [0.05, 0.1) is 18.9 Å². The molecule has 2 N–H and O–H groups in total. The maximum atomic E-state index is 12.9. The summed E-state index contributed by atoms with van der Waals surface area (Å²) >= 11 is 5.14. The second kappa shape index (κ2) is 10.1. The Kier molecular flexibility index (Phi) is 7.07. The van der Waals surface area contributed by atoms with Gasteiger partial charge in [-0.25, -0.2) is 9.18 Å². The number of methoxy groups -OCH3 is 1. The van der Waals surface area contributed by atoms with Crippen molar-refractivity contribution >= 4 is 35.2 Å². The van der Waals surface area contributed by atoms with Crippen molar-refractivity contribution in [1.82, 2.24) is 5.43 Å². The van der Waals surface area contributed by atoms with Gasteiger partial charge in [0.1, 0.15) is 5.82 Å². The average Bonchev–Trinajstić information content (AvgIpc) is 2.77. The fraction of sp³-hybridized carbons (Fsp3) is 0.0455. The number of carbonyl (C=O) groups excluding carboxylic acids is 1. The Balaban J connectivity index is 1.60. The van der Waals surface area contributed by atoms with E-state index in [0.717, 1.165) is 0 Å². The Morgan fingerprint density at radius 1 is 1.03 bits per heavy atom. The molecule has 0 atom stereocenters. The summed E-state index contributed by atoms with van der Waals surface area (Å²) < 4.78 is 23.6. The molecule has 3 aromatic carbocycles. The van der Waals surface area contributed by atoms with Gasteiger partial charge in [-0.05, 0) is 72.4 Å². The lowest BCUT2D eigenvalue weighted by atomic mass is 10.2. The van der Waals surface area contributed by atoms with E-state index in [1.165, 1.54) is 25.5 Å². The molecule has 152 valence electrons. The number of hydrazone groups is 1. The van der Waals surface area contributed by atoms with E-state index in [-0.39, 0.29) is 10.9 Å². The van der Waals surface area contributed by atoms with Gasteiger partial charge in [0, 0.05) is 5.69 Å². The standard InChI is InChI=1S/C22H18FN3O3S/c1-28-20-13-15(7-12-19(20)29-21(27)16-5-3-2-4-6-16)14-24-26-22(30)25-18-10-8-17(23)9-11-18/h2-14H,1H3,(H2,25,26,30)/b24-14+. The molecule has 3 rings (SSSR count). The van der Waals surface area contributed by atoms with Gasteiger partial charge in [-0.3, -0.25) is 5.43 Å². The summed E-state index contributed by atoms with van der Waals surface area (Å²) in [7, 11) is 1.48. The minimum absolute atomic E-state index is 0.248. The third-order valence-corrected chi connectivity index (χ3v) is 4.07. The molecule has 0 bridgehead atoms. The molecule has 3 aromatic rings. The Morgan fingerprint density at radius 2 is 1.77 bits per heavy atom. The number of esters is 1. The Bertz CT molecular complexity index is 1060. The molecule has 0 heterocycles. The number of anilines is 1. The second-order valence-electron chi connectivity index (χ2n) is 6.00. The minimum atomic E-state index is -0.478. The van der Waals surface area contributed by atoms with Gasteiger partial charge < -0.3 is 14.8 Å². The van der Waals surface area contributed by atoms with Crippen molar-refractivity contribution in [2.45, 2.75) is 0 Å². The highest BCUT2D eigenvalue weighted by atomic mass is 32.1. The predicted octanol–water partition coefficient (Wildman–Crippen LogP) is 4.37. The maximum Gasteiger partial charge on any atom is 0.343 e. The van der Waals surface area contributed by atoms with Crippen LogP contribution in [-0.2, 0) is 0 Å². The van der Waals surface area contributed by atoms with Crippen LogP contribution < -0.4 is 20.2 Å². The number of benzene rings is 3. The highest BCUT2D eigenvalue weighted by Crippen LogP contribution is 2.28. The Labute approximate surface area is 178 Å². The number of thiocarbonyl (C=S) groups is 1. The third-order valence-electron chi connectivity index (χ3n) is 3.88. The molecule has 0 spiro atoms.